The summed E-state index contributed by atoms with van der Waals surface area (Å²) in [6, 6.07) is 8.60. The van der Waals surface area contributed by atoms with E-state index in [2.05, 4.69) is 65.8 Å². The lowest BCUT2D eigenvalue weighted by atomic mass is 9.69. The lowest BCUT2D eigenvalue weighted by Gasteiger charge is -2.39. The number of benzene rings is 1. The van der Waals surface area contributed by atoms with Gasteiger partial charge >= 0.3 is 0 Å². The fourth-order valence-electron chi connectivity index (χ4n) is 4.16. The second-order valence-corrected chi connectivity index (χ2v) is 9.14. The van der Waals surface area contributed by atoms with Gasteiger partial charge in [-0.05, 0) is 68.1 Å². The topological polar surface area (TPSA) is 18.5 Å². The van der Waals surface area contributed by atoms with E-state index < -0.39 is 0 Å². The predicted molar refractivity (Wildman–Crippen MR) is 111 cm³/mol. The van der Waals surface area contributed by atoms with Gasteiger partial charge in [0, 0.05) is 6.42 Å². The minimum atomic E-state index is -0.179. The number of hydrogen-bond donors (Lipinski definition) is 0. The largest absolute Gasteiger partial charge is 0.465 e. The van der Waals surface area contributed by atoms with Gasteiger partial charge in [-0.1, -0.05) is 59.1 Å². The molecule has 1 aromatic rings. The first kappa shape index (κ1) is 21.3. The van der Waals surface area contributed by atoms with Crippen molar-refractivity contribution < 1.29 is 9.47 Å². The summed E-state index contributed by atoms with van der Waals surface area (Å²) in [6.45, 7) is 13.5. The predicted octanol–water partition coefficient (Wildman–Crippen LogP) is 7.33. The van der Waals surface area contributed by atoms with Crippen molar-refractivity contribution in [3.63, 3.8) is 0 Å². The maximum atomic E-state index is 6.30. The molecular weight excluding hydrogens is 320 g/mol. The Morgan fingerprint density at radius 2 is 1.62 bits per heavy atom. The summed E-state index contributed by atoms with van der Waals surface area (Å²) in [5.41, 5.74) is 1.63. The Balaban J connectivity index is 2.04. The molecule has 2 atom stereocenters. The molecule has 0 saturated heterocycles. The molecule has 2 nitrogen and oxygen atoms in total. The molecule has 0 spiro atoms. The van der Waals surface area contributed by atoms with Crippen LogP contribution in [0.4, 0.5) is 0 Å². The van der Waals surface area contributed by atoms with Crippen LogP contribution < -0.4 is 4.74 Å². The van der Waals surface area contributed by atoms with Crippen molar-refractivity contribution in [1.82, 2.24) is 0 Å². The molecule has 0 N–H and O–H groups in total. The van der Waals surface area contributed by atoms with Crippen molar-refractivity contribution in [2.45, 2.75) is 105 Å². The minimum absolute atomic E-state index is 0.168. The monoisotopic (exact) mass is 360 g/mol. The first-order valence-electron chi connectivity index (χ1n) is 10.7. The quantitative estimate of drug-likeness (QED) is 0.429. The van der Waals surface area contributed by atoms with E-state index in [1.54, 1.807) is 0 Å². The van der Waals surface area contributed by atoms with Crippen LogP contribution in [0.3, 0.4) is 0 Å². The average Bonchev–Trinajstić information content (AvgIpc) is 2.61. The van der Waals surface area contributed by atoms with E-state index in [-0.39, 0.29) is 17.8 Å². The van der Waals surface area contributed by atoms with Crippen molar-refractivity contribution in [2.24, 2.45) is 11.3 Å². The van der Waals surface area contributed by atoms with Crippen LogP contribution in [0.5, 0.6) is 5.75 Å². The van der Waals surface area contributed by atoms with E-state index in [1.165, 1.54) is 37.7 Å². The van der Waals surface area contributed by atoms with Gasteiger partial charge in [0.05, 0.1) is 6.10 Å². The summed E-state index contributed by atoms with van der Waals surface area (Å²) in [4.78, 5) is 0. The van der Waals surface area contributed by atoms with Gasteiger partial charge in [-0.3, -0.25) is 0 Å². The molecule has 0 radical (unpaired) electrons. The third-order valence-electron chi connectivity index (χ3n) is 6.16. The summed E-state index contributed by atoms with van der Waals surface area (Å²) >= 11 is 0. The van der Waals surface area contributed by atoms with Crippen LogP contribution >= 0.6 is 0 Å². The molecule has 0 bridgehead atoms. The van der Waals surface area contributed by atoms with Gasteiger partial charge in [-0.2, -0.15) is 0 Å². The molecule has 1 aliphatic rings. The molecule has 0 aromatic heterocycles. The van der Waals surface area contributed by atoms with E-state index in [0.717, 1.165) is 24.5 Å². The molecular formula is C24H40O2. The molecule has 2 unspecified atom stereocenters. The Hall–Kier alpha value is -1.02. The fraction of sp³-hybridized carbons (Fsp3) is 0.750. The standard InChI is InChI=1S/C24H40O2/c1-7-19(4)20-13-15-22(16-14-20)26-23(25-18(2)3)17-24(5,6)21-11-9-8-10-12-21/h13-16,18-19,21,23H,7-12,17H2,1-6H3. The van der Waals surface area contributed by atoms with Gasteiger partial charge in [-0.25, -0.2) is 0 Å². The Morgan fingerprint density at radius 1 is 1.00 bits per heavy atom. The maximum absolute atomic E-state index is 6.30. The first-order chi connectivity index (χ1) is 12.3. The van der Waals surface area contributed by atoms with Gasteiger partial charge in [0.1, 0.15) is 5.75 Å². The van der Waals surface area contributed by atoms with Gasteiger partial charge < -0.3 is 9.47 Å². The van der Waals surface area contributed by atoms with Crippen LogP contribution in [0.2, 0.25) is 0 Å². The van der Waals surface area contributed by atoms with E-state index >= 15 is 0 Å². The molecule has 2 rings (SSSR count). The van der Waals surface area contributed by atoms with Gasteiger partial charge in [0.2, 0.25) is 6.29 Å². The zero-order valence-electron chi connectivity index (χ0n) is 17.9. The van der Waals surface area contributed by atoms with Gasteiger partial charge in [-0.15, -0.1) is 0 Å². The highest BCUT2D eigenvalue weighted by molar-refractivity contribution is 5.29. The molecule has 1 aromatic carbocycles. The summed E-state index contributed by atoms with van der Waals surface area (Å²) in [6.07, 6.45) is 8.96. The van der Waals surface area contributed by atoms with Crippen molar-refractivity contribution in [3.8, 4) is 5.75 Å². The van der Waals surface area contributed by atoms with E-state index in [0.29, 0.717) is 5.92 Å². The summed E-state index contributed by atoms with van der Waals surface area (Å²) in [5.74, 6) is 2.30. The molecule has 1 saturated carbocycles. The highest BCUT2D eigenvalue weighted by Crippen LogP contribution is 2.42. The molecule has 0 aliphatic heterocycles. The summed E-state index contributed by atoms with van der Waals surface area (Å²) < 4.78 is 12.5. The lowest BCUT2D eigenvalue weighted by Crippen LogP contribution is -2.35. The fourth-order valence-corrected chi connectivity index (χ4v) is 4.16. The third kappa shape index (κ3) is 6.30. The van der Waals surface area contributed by atoms with Crippen molar-refractivity contribution in [2.75, 3.05) is 0 Å². The van der Waals surface area contributed by atoms with Crippen molar-refractivity contribution in [3.05, 3.63) is 29.8 Å². The summed E-state index contributed by atoms with van der Waals surface area (Å²) in [5, 5.41) is 0. The SMILES string of the molecule is CCC(C)c1ccc(OC(CC(C)(C)C2CCCCC2)OC(C)C)cc1. The van der Waals surface area contributed by atoms with Crippen LogP contribution in [0, 0.1) is 11.3 Å². The molecule has 0 amide bonds. The normalized spacial score (nSPS) is 18.7. The zero-order chi connectivity index (χ0) is 19.2. The molecule has 0 heterocycles. The Labute approximate surface area is 161 Å². The lowest BCUT2D eigenvalue weighted by molar-refractivity contribution is -0.133. The molecule has 148 valence electrons. The molecule has 2 heteroatoms. The maximum Gasteiger partial charge on any atom is 0.200 e. The van der Waals surface area contributed by atoms with Crippen LogP contribution in [0.1, 0.15) is 98.0 Å². The summed E-state index contributed by atoms with van der Waals surface area (Å²) in [7, 11) is 0. The highest BCUT2D eigenvalue weighted by Gasteiger charge is 2.34. The number of ether oxygens (including phenoxy) is 2. The van der Waals surface area contributed by atoms with E-state index in [9.17, 15) is 0 Å². The average molecular weight is 361 g/mol. The van der Waals surface area contributed by atoms with Gasteiger partial charge in [0.15, 0.2) is 0 Å². The third-order valence-corrected chi connectivity index (χ3v) is 6.16. The second kappa shape index (κ2) is 9.78. The Bertz CT molecular complexity index is 512. The van der Waals surface area contributed by atoms with Crippen molar-refractivity contribution in [1.29, 1.82) is 0 Å². The van der Waals surface area contributed by atoms with Crippen molar-refractivity contribution >= 4 is 0 Å². The highest BCUT2D eigenvalue weighted by atomic mass is 16.7. The van der Waals surface area contributed by atoms with E-state index in [4.69, 9.17) is 9.47 Å². The smallest absolute Gasteiger partial charge is 0.200 e. The number of hydrogen-bond acceptors (Lipinski definition) is 2. The second-order valence-electron chi connectivity index (χ2n) is 9.14. The zero-order valence-corrected chi connectivity index (χ0v) is 17.9. The Kier molecular flexibility index (Phi) is 8.01. The minimum Gasteiger partial charge on any atom is -0.465 e. The Morgan fingerprint density at radius 3 is 2.15 bits per heavy atom. The van der Waals surface area contributed by atoms with Crippen LogP contribution in [0.25, 0.3) is 0 Å². The first-order valence-corrected chi connectivity index (χ1v) is 10.7. The molecule has 1 fully saturated rings. The van der Waals surface area contributed by atoms with Crippen LogP contribution in [0.15, 0.2) is 24.3 Å². The van der Waals surface area contributed by atoms with Crippen LogP contribution in [-0.2, 0) is 4.74 Å². The molecule has 1 aliphatic carbocycles. The van der Waals surface area contributed by atoms with E-state index in [1.807, 2.05) is 0 Å². The van der Waals surface area contributed by atoms with Crippen LogP contribution in [-0.4, -0.2) is 12.4 Å². The molecule has 26 heavy (non-hydrogen) atoms. The van der Waals surface area contributed by atoms with Gasteiger partial charge in [0.25, 0.3) is 0 Å². The number of rotatable bonds is 9.